The summed E-state index contributed by atoms with van der Waals surface area (Å²) in [5.41, 5.74) is 2.42. The van der Waals surface area contributed by atoms with Gasteiger partial charge in [-0.2, -0.15) is 0 Å². The Morgan fingerprint density at radius 2 is 2.13 bits per heavy atom. The Labute approximate surface area is 135 Å². The van der Waals surface area contributed by atoms with Gasteiger partial charge in [-0.15, -0.1) is 0 Å². The molecule has 1 unspecified atom stereocenters. The van der Waals surface area contributed by atoms with Crippen LogP contribution in [0.1, 0.15) is 30.3 Å². The molecule has 1 saturated heterocycles. The number of carbonyl (C=O) groups excluding carboxylic acids is 1. The molecule has 1 aliphatic rings. The van der Waals surface area contributed by atoms with Gasteiger partial charge in [-0.25, -0.2) is 4.39 Å². The average Bonchev–Trinajstić information content (AvgIpc) is 3.22. The predicted molar refractivity (Wildman–Crippen MR) is 86.8 cm³/mol. The first-order valence-electron chi connectivity index (χ1n) is 8.03. The molecule has 1 atom stereocenters. The minimum absolute atomic E-state index is 0.101. The number of aromatic nitrogens is 1. The Morgan fingerprint density at radius 1 is 1.35 bits per heavy atom. The molecule has 1 aromatic carbocycles. The molecule has 4 nitrogen and oxygen atoms in total. The summed E-state index contributed by atoms with van der Waals surface area (Å²) in [4.78, 5) is 12.4. The van der Waals surface area contributed by atoms with Gasteiger partial charge in [0.15, 0.2) is 0 Å². The normalized spacial score (nSPS) is 17.4. The van der Waals surface area contributed by atoms with Crippen molar-refractivity contribution in [1.29, 1.82) is 0 Å². The van der Waals surface area contributed by atoms with E-state index in [9.17, 15) is 9.18 Å². The second-order valence-electron chi connectivity index (χ2n) is 5.75. The zero-order valence-electron chi connectivity index (χ0n) is 13.2. The van der Waals surface area contributed by atoms with Gasteiger partial charge in [-0.3, -0.25) is 4.79 Å². The maximum atomic E-state index is 13.0. The number of aryl methyl sites for hydroxylation is 1. The summed E-state index contributed by atoms with van der Waals surface area (Å²) in [5, 5.41) is 2.94. The van der Waals surface area contributed by atoms with Crippen LogP contribution in [0.15, 0.2) is 36.5 Å². The van der Waals surface area contributed by atoms with Crippen molar-refractivity contribution in [2.45, 2.75) is 32.4 Å². The van der Waals surface area contributed by atoms with Gasteiger partial charge in [0.1, 0.15) is 11.5 Å². The lowest BCUT2D eigenvalue weighted by molar-refractivity contribution is 0.0850. The van der Waals surface area contributed by atoms with Crippen molar-refractivity contribution in [3.05, 3.63) is 48.0 Å². The van der Waals surface area contributed by atoms with Crippen LogP contribution in [0.4, 0.5) is 4.39 Å². The second-order valence-corrected chi connectivity index (χ2v) is 5.75. The van der Waals surface area contributed by atoms with Crippen molar-refractivity contribution in [2.24, 2.45) is 0 Å². The Kier molecular flexibility index (Phi) is 4.76. The zero-order valence-corrected chi connectivity index (χ0v) is 13.2. The molecule has 1 aliphatic heterocycles. The molecule has 5 heteroatoms. The van der Waals surface area contributed by atoms with E-state index in [-0.39, 0.29) is 17.8 Å². The van der Waals surface area contributed by atoms with Crippen LogP contribution in [0.5, 0.6) is 0 Å². The molecule has 0 saturated carbocycles. The molecule has 1 fully saturated rings. The number of carbonyl (C=O) groups is 1. The molecule has 1 N–H and O–H groups in total. The van der Waals surface area contributed by atoms with E-state index in [1.165, 1.54) is 12.1 Å². The Balaban J connectivity index is 1.75. The summed E-state index contributed by atoms with van der Waals surface area (Å²) in [6.07, 6.45) is 4.10. The highest BCUT2D eigenvalue weighted by molar-refractivity contribution is 5.94. The van der Waals surface area contributed by atoms with Crippen LogP contribution in [0.2, 0.25) is 0 Å². The lowest BCUT2D eigenvalue weighted by Gasteiger charge is -2.11. The van der Waals surface area contributed by atoms with E-state index < -0.39 is 0 Å². The number of nitrogens with zero attached hydrogens (tertiary/aromatic N) is 1. The molecule has 0 radical (unpaired) electrons. The van der Waals surface area contributed by atoms with Crippen LogP contribution >= 0.6 is 0 Å². The first-order valence-corrected chi connectivity index (χ1v) is 8.03. The maximum absolute atomic E-state index is 13.0. The Bertz CT molecular complexity index is 673. The number of halogens is 1. The van der Waals surface area contributed by atoms with Crippen LogP contribution in [0.3, 0.4) is 0 Å². The molecule has 1 aromatic heterocycles. The van der Waals surface area contributed by atoms with Gasteiger partial charge in [0, 0.05) is 31.5 Å². The predicted octanol–water partition coefficient (Wildman–Crippen LogP) is 3.22. The highest BCUT2D eigenvalue weighted by Gasteiger charge is 2.18. The summed E-state index contributed by atoms with van der Waals surface area (Å²) < 4.78 is 20.5. The smallest absolute Gasteiger partial charge is 0.268 e. The van der Waals surface area contributed by atoms with Gasteiger partial charge in [0.05, 0.1) is 6.10 Å². The monoisotopic (exact) mass is 316 g/mol. The lowest BCUT2D eigenvalue weighted by Crippen LogP contribution is -2.32. The fourth-order valence-electron chi connectivity index (χ4n) is 2.87. The minimum atomic E-state index is -0.266. The molecule has 2 heterocycles. The third-order valence-electron chi connectivity index (χ3n) is 4.16. The standard InChI is InChI=1S/C18H21FN2O2/c1-2-21-12-14(13-5-7-15(19)8-6-13)10-17(21)18(22)20-11-16-4-3-9-23-16/h5-8,10,12,16H,2-4,9,11H2,1H3,(H,20,22). The van der Waals surface area contributed by atoms with Crippen LogP contribution < -0.4 is 5.32 Å². The zero-order chi connectivity index (χ0) is 16.2. The van der Waals surface area contributed by atoms with E-state index in [2.05, 4.69) is 5.32 Å². The summed E-state index contributed by atoms with van der Waals surface area (Å²) in [6.45, 7) is 4.01. The molecule has 0 bridgehead atoms. The molecule has 23 heavy (non-hydrogen) atoms. The van der Waals surface area contributed by atoms with Crippen molar-refractivity contribution in [3.8, 4) is 11.1 Å². The fraction of sp³-hybridized carbons (Fsp3) is 0.389. The number of benzene rings is 1. The van der Waals surface area contributed by atoms with Gasteiger partial charge < -0.3 is 14.6 Å². The second kappa shape index (κ2) is 6.96. The third kappa shape index (κ3) is 3.62. The number of rotatable bonds is 5. The highest BCUT2D eigenvalue weighted by Crippen LogP contribution is 2.23. The summed E-state index contributed by atoms with van der Waals surface area (Å²) >= 11 is 0. The first kappa shape index (κ1) is 15.7. The van der Waals surface area contributed by atoms with Gasteiger partial charge in [0.2, 0.25) is 0 Å². The van der Waals surface area contributed by atoms with Gasteiger partial charge in [0.25, 0.3) is 5.91 Å². The minimum Gasteiger partial charge on any atom is -0.376 e. The van der Waals surface area contributed by atoms with Crippen LogP contribution in [0.25, 0.3) is 11.1 Å². The number of ether oxygens (including phenoxy) is 1. The van der Waals surface area contributed by atoms with Crippen LogP contribution in [-0.4, -0.2) is 29.7 Å². The van der Waals surface area contributed by atoms with Gasteiger partial charge in [-0.05, 0) is 43.5 Å². The summed E-state index contributed by atoms with van der Waals surface area (Å²) in [6, 6.07) is 8.14. The van der Waals surface area contributed by atoms with Crippen molar-refractivity contribution in [2.75, 3.05) is 13.2 Å². The number of amides is 1. The van der Waals surface area contributed by atoms with Crippen molar-refractivity contribution in [3.63, 3.8) is 0 Å². The molecule has 3 rings (SSSR count). The first-order chi connectivity index (χ1) is 11.2. The molecule has 2 aromatic rings. The molecule has 0 aliphatic carbocycles. The van der Waals surface area contributed by atoms with Crippen molar-refractivity contribution < 1.29 is 13.9 Å². The summed E-state index contributed by atoms with van der Waals surface area (Å²) in [5.74, 6) is -0.367. The van der Waals surface area contributed by atoms with Gasteiger partial charge >= 0.3 is 0 Å². The topological polar surface area (TPSA) is 43.3 Å². The maximum Gasteiger partial charge on any atom is 0.268 e. The largest absolute Gasteiger partial charge is 0.376 e. The molecule has 1 amide bonds. The van der Waals surface area contributed by atoms with E-state index >= 15 is 0 Å². The Hall–Kier alpha value is -2.14. The highest BCUT2D eigenvalue weighted by atomic mass is 19.1. The SMILES string of the molecule is CCn1cc(-c2ccc(F)cc2)cc1C(=O)NCC1CCCO1. The Morgan fingerprint density at radius 3 is 2.78 bits per heavy atom. The van der Waals surface area contributed by atoms with E-state index in [0.29, 0.717) is 18.8 Å². The van der Waals surface area contributed by atoms with Crippen LogP contribution in [-0.2, 0) is 11.3 Å². The number of hydrogen-bond donors (Lipinski definition) is 1. The number of nitrogens with one attached hydrogen (secondary N) is 1. The van der Waals surface area contributed by atoms with Crippen molar-refractivity contribution >= 4 is 5.91 Å². The van der Waals surface area contributed by atoms with Crippen molar-refractivity contribution in [1.82, 2.24) is 9.88 Å². The quantitative estimate of drug-likeness (QED) is 0.920. The van der Waals surface area contributed by atoms with E-state index in [1.54, 1.807) is 12.1 Å². The molecular formula is C18H21FN2O2. The fourth-order valence-corrected chi connectivity index (χ4v) is 2.87. The third-order valence-corrected chi connectivity index (χ3v) is 4.16. The molecule has 0 spiro atoms. The van der Waals surface area contributed by atoms with Crippen LogP contribution in [0, 0.1) is 5.82 Å². The van der Waals surface area contributed by atoms with Gasteiger partial charge in [-0.1, -0.05) is 12.1 Å². The lowest BCUT2D eigenvalue weighted by atomic mass is 10.1. The van der Waals surface area contributed by atoms with E-state index in [0.717, 1.165) is 30.6 Å². The van der Waals surface area contributed by atoms with E-state index in [1.807, 2.05) is 23.8 Å². The molecule has 122 valence electrons. The number of hydrogen-bond acceptors (Lipinski definition) is 2. The molecular weight excluding hydrogens is 295 g/mol. The average molecular weight is 316 g/mol. The van der Waals surface area contributed by atoms with E-state index in [4.69, 9.17) is 4.74 Å². The summed E-state index contributed by atoms with van der Waals surface area (Å²) in [7, 11) is 0.